The summed E-state index contributed by atoms with van der Waals surface area (Å²) in [6.07, 6.45) is 0.235. The van der Waals surface area contributed by atoms with Gasteiger partial charge in [0.25, 0.3) is 15.7 Å². The summed E-state index contributed by atoms with van der Waals surface area (Å²) in [5.74, 6) is -1.09. The molecule has 0 saturated heterocycles. The van der Waals surface area contributed by atoms with E-state index in [-0.39, 0.29) is 40.3 Å². The largest absolute Gasteiger partial charge is 0.352 e. The number of hydrogen-bond acceptors (Lipinski definition) is 6. The first-order chi connectivity index (χ1) is 19.3. The highest BCUT2D eigenvalue weighted by molar-refractivity contribution is 7.92. The van der Waals surface area contributed by atoms with Crippen LogP contribution in [0.1, 0.15) is 32.8 Å². The topological polar surface area (TPSA) is 130 Å². The summed E-state index contributed by atoms with van der Waals surface area (Å²) in [4.78, 5) is 39.0. The second kappa shape index (κ2) is 13.8. The molecule has 0 aliphatic rings. The number of non-ortho nitro benzene ring substituents is 1. The number of nitrogens with one attached hydrogen (secondary N) is 1. The number of nitro groups is 1. The van der Waals surface area contributed by atoms with E-state index < -0.39 is 39.3 Å². The van der Waals surface area contributed by atoms with Crippen molar-refractivity contribution in [1.82, 2.24) is 10.2 Å². The maximum atomic E-state index is 14.0. The molecule has 0 aromatic heterocycles. The van der Waals surface area contributed by atoms with Crippen molar-refractivity contribution >= 4 is 56.4 Å². The molecule has 0 heterocycles. The highest BCUT2D eigenvalue weighted by Gasteiger charge is 2.34. The average molecular weight is 622 g/mol. The zero-order valence-corrected chi connectivity index (χ0v) is 25.0. The van der Waals surface area contributed by atoms with Crippen molar-refractivity contribution in [2.24, 2.45) is 0 Å². The van der Waals surface area contributed by atoms with Gasteiger partial charge in [0.15, 0.2) is 0 Å². The number of carbonyl (C=O) groups is 2. The molecule has 3 aromatic carbocycles. The molecule has 0 saturated carbocycles. The van der Waals surface area contributed by atoms with Crippen molar-refractivity contribution in [2.45, 2.75) is 50.7 Å². The van der Waals surface area contributed by atoms with Crippen molar-refractivity contribution in [1.29, 1.82) is 0 Å². The number of amides is 2. The van der Waals surface area contributed by atoms with Crippen molar-refractivity contribution < 1.29 is 22.9 Å². The Hall–Kier alpha value is -3.67. The number of benzene rings is 3. The lowest BCUT2D eigenvalue weighted by atomic mass is 10.1. The Kier molecular flexibility index (Phi) is 10.7. The molecule has 218 valence electrons. The van der Waals surface area contributed by atoms with Gasteiger partial charge in [-0.15, -0.1) is 0 Å². The van der Waals surface area contributed by atoms with Crippen LogP contribution in [-0.2, 0) is 26.2 Å². The summed E-state index contributed by atoms with van der Waals surface area (Å²) >= 11 is 12.4. The average Bonchev–Trinajstić information content (AvgIpc) is 2.92. The minimum Gasteiger partial charge on any atom is -0.352 e. The van der Waals surface area contributed by atoms with Gasteiger partial charge in [0, 0.05) is 34.8 Å². The maximum absolute atomic E-state index is 14.0. The minimum absolute atomic E-state index is 0.0389. The molecular weight excluding hydrogens is 591 g/mol. The third-order valence-electron chi connectivity index (χ3n) is 6.13. The molecule has 41 heavy (non-hydrogen) atoms. The number of sulfonamides is 1. The quantitative estimate of drug-likeness (QED) is 0.212. The van der Waals surface area contributed by atoms with Gasteiger partial charge in [-0.1, -0.05) is 54.4 Å². The first-order valence-corrected chi connectivity index (χ1v) is 14.9. The van der Waals surface area contributed by atoms with E-state index in [2.05, 4.69) is 5.32 Å². The van der Waals surface area contributed by atoms with Gasteiger partial charge in [-0.25, -0.2) is 8.42 Å². The van der Waals surface area contributed by atoms with Crippen LogP contribution in [0.3, 0.4) is 0 Å². The Morgan fingerprint density at radius 2 is 1.63 bits per heavy atom. The smallest absolute Gasteiger partial charge is 0.269 e. The van der Waals surface area contributed by atoms with E-state index in [1.807, 2.05) is 0 Å². The first kappa shape index (κ1) is 31.9. The summed E-state index contributed by atoms with van der Waals surface area (Å²) < 4.78 is 28.4. The number of anilines is 1. The Bertz CT molecular complexity index is 1500. The second-order valence-electron chi connectivity index (χ2n) is 9.44. The Labute approximate surface area is 249 Å². The number of nitrogens with zero attached hydrogens (tertiary/aromatic N) is 3. The third-order valence-corrected chi connectivity index (χ3v) is 8.51. The normalized spacial score (nSPS) is 12.0. The minimum atomic E-state index is -4.30. The van der Waals surface area contributed by atoms with Crippen molar-refractivity contribution in [3.05, 3.63) is 98.5 Å². The van der Waals surface area contributed by atoms with Gasteiger partial charge in [-0.2, -0.15) is 0 Å². The predicted molar refractivity (Wildman–Crippen MR) is 158 cm³/mol. The fraction of sp³-hybridized carbons (Fsp3) is 0.286. The van der Waals surface area contributed by atoms with Crippen LogP contribution >= 0.6 is 23.2 Å². The van der Waals surface area contributed by atoms with Gasteiger partial charge >= 0.3 is 0 Å². The van der Waals surface area contributed by atoms with E-state index in [1.165, 1.54) is 35.2 Å². The van der Waals surface area contributed by atoms with Gasteiger partial charge in [-0.3, -0.25) is 24.0 Å². The summed E-state index contributed by atoms with van der Waals surface area (Å²) in [5.41, 5.74) is 0.303. The number of hydrogen-bond donors (Lipinski definition) is 1. The van der Waals surface area contributed by atoms with Crippen LogP contribution in [-0.4, -0.2) is 48.7 Å². The maximum Gasteiger partial charge on any atom is 0.269 e. The molecule has 0 bridgehead atoms. The molecular formula is C28H30Cl2N4O6S. The number of rotatable bonds is 12. The molecule has 2 amide bonds. The monoisotopic (exact) mass is 620 g/mol. The van der Waals surface area contributed by atoms with Gasteiger partial charge in [-0.05, 0) is 62.2 Å². The van der Waals surface area contributed by atoms with E-state index in [0.717, 1.165) is 16.4 Å². The first-order valence-electron chi connectivity index (χ1n) is 12.7. The lowest BCUT2D eigenvalue weighted by Crippen LogP contribution is -2.53. The van der Waals surface area contributed by atoms with Crippen LogP contribution in [0.5, 0.6) is 0 Å². The van der Waals surface area contributed by atoms with Crippen LogP contribution in [0.4, 0.5) is 11.4 Å². The Balaban J connectivity index is 2.09. The molecule has 10 nitrogen and oxygen atoms in total. The highest BCUT2D eigenvalue weighted by Crippen LogP contribution is 2.28. The van der Waals surface area contributed by atoms with Gasteiger partial charge < -0.3 is 10.2 Å². The predicted octanol–water partition coefficient (Wildman–Crippen LogP) is 5.43. The van der Waals surface area contributed by atoms with Crippen molar-refractivity contribution in [3.8, 4) is 0 Å². The zero-order chi connectivity index (χ0) is 30.3. The van der Waals surface area contributed by atoms with Gasteiger partial charge in [0.1, 0.15) is 12.6 Å². The molecule has 13 heteroatoms. The number of halogens is 2. The molecule has 0 aliphatic heterocycles. The summed E-state index contributed by atoms with van der Waals surface area (Å²) in [7, 11) is -4.30. The molecule has 0 aliphatic carbocycles. The fourth-order valence-corrected chi connectivity index (χ4v) is 6.03. The van der Waals surface area contributed by atoms with Crippen LogP contribution < -0.4 is 9.62 Å². The van der Waals surface area contributed by atoms with Gasteiger partial charge in [0.05, 0.1) is 15.5 Å². The summed E-state index contributed by atoms with van der Waals surface area (Å²) in [6, 6.07) is 15.9. The third kappa shape index (κ3) is 7.96. The van der Waals surface area contributed by atoms with Crippen LogP contribution in [0.2, 0.25) is 10.0 Å². The fourth-order valence-electron chi connectivity index (χ4n) is 4.12. The molecule has 3 rings (SSSR count). The van der Waals surface area contributed by atoms with Crippen molar-refractivity contribution in [2.75, 3.05) is 10.8 Å². The number of nitro benzene ring substituents is 1. The van der Waals surface area contributed by atoms with E-state index in [9.17, 15) is 28.1 Å². The van der Waals surface area contributed by atoms with Crippen LogP contribution in [0.25, 0.3) is 0 Å². The lowest BCUT2D eigenvalue weighted by molar-refractivity contribution is -0.384. The molecule has 0 spiro atoms. The molecule has 3 aromatic rings. The van der Waals surface area contributed by atoms with Crippen LogP contribution in [0.15, 0.2) is 77.7 Å². The van der Waals surface area contributed by atoms with E-state index in [4.69, 9.17) is 23.2 Å². The molecule has 0 fully saturated rings. The Morgan fingerprint density at radius 1 is 1.00 bits per heavy atom. The second-order valence-corrected chi connectivity index (χ2v) is 12.1. The Morgan fingerprint density at radius 3 is 2.17 bits per heavy atom. The van der Waals surface area contributed by atoms with E-state index >= 15 is 0 Å². The van der Waals surface area contributed by atoms with Crippen LogP contribution in [0, 0.1) is 10.1 Å². The lowest BCUT2D eigenvalue weighted by Gasteiger charge is -2.33. The molecule has 1 N–H and O–H groups in total. The standard InChI is InChI=1S/C28H30Cl2N4O6S/c1-4-26(28(36)31-19(2)3)32(17-20-10-11-21(29)16-25(20)30)27(35)18-33(22-12-14-23(15-13-22)34(37)38)41(39,40)24-8-6-5-7-9-24/h5-16,19,26H,4,17-18H2,1-3H3,(H,31,36)/t26-/m1/s1. The highest BCUT2D eigenvalue weighted by atomic mass is 35.5. The molecule has 0 radical (unpaired) electrons. The van der Waals surface area contributed by atoms with Gasteiger partial charge in [0.2, 0.25) is 11.8 Å². The van der Waals surface area contributed by atoms with Crippen molar-refractivity contribution in [3.63, 3.8) is 0 Å². The summed E-state index contributed by atoms with van der Waals surface area (Å²) in [5, 5.41) is 14.7. The number of carbonyl (C=O) groups excluding carboxylic acids is 2. The van der Waals surface area contributed by atoms with E-state index in [1.54, 1.807) is 51.1 Å². The SMILES string of the molecule is CC[C@H](C(=O)NC(C)C)N(Cc1ccc(Cl)cc1Cl)C(=O)CN(c1ccc([N+](=O)[O-])cc1)S(=O)(=O)c1ccccc1. The molecule has 0 unspecified atom stereocenters. The molecule has 1 atom stereocenters. The zero-order valence-electron chi connectivity index (χ0n) is 22.7. The van der Waals surface area contributed by atoms with E-state index in [0.29, 0.717) is 10.6 Å². The summed E-state index contributed by atoms with van der Waals surface area (Å²) in [6.45, 7) is 4.53.